The first-order chi connectivity index (χ1) is 13.8. The minimum atomic E-state index is -0.619. The molecule has 0 atom stereocenters. The third kappa shape index (κ3) is 4.85. The minimum Gasteiger partial charge on any atom is -0.486 e. The van der Waals surface area contributed by atoms with E-state index in [0.717, 1.165) is 0 Å². The summed E-state index contributed by atoms with van der Waals surface area (Å²) in [5.41, 5.74) is -0.140. The highest BCUT2D eigenvalue weighted by molar-refractivity contribution is 6.00. The Morgan fingerprint density at radius 2 is 1.97 bits per heavy atom. The van der Waals surface area contributed by atoms with E-state index < -0.39 is 17.5 Å². The van der Waals surface area contributed by atoms with Crippen LogP contribution in [0.1, 0.15) is 36.5 Å². The number of nitrogens with zero attached hydrogens (tertiary/aromatic N) is 1. The van der Waals surface area contributed by atoms with Gasteiger partial charge in [-0.1, -0.05) is 0 Å². The second kappa shape index (κ2) is 8.50. The Morgan fingerprint density at radius 3 is 2.62 bits per heavy atom. The maximum Gasteiger partial charge on any atom is 0.325 e. The van der Waals surface area contributed by atoms with E-state index in [0.29, 0.717) is 43.0 Å². The second-order valence-electron chi connectivity index (χ2n) is 7.19. The van der Waals surface area contributed by atoms with Gasteiger partial charge in [0.15, 0.2) is 12.4 Å². The first kappa shape index (κ1) is 20.6. The highest BCUT2D eigenvalue weighted by Gasteiger charge is 2.43. The van der Waals surface area contributed by atoms with Crippen molar-refractivity contribution < 1.29 is 33.4 Å². The number of rotatable bonds is 5. The van der Waals surface area contributed by atoms with Crippen molar-refractivity contribution in [3.63, 3.8) is 0 Å². The van der Waals surface area contributed by atoms with Crippen LogP contribution in [-0.4, -0.2) is 67.4 Å². The van der Waals surface area contributed by atoms with Crippen LogP contribution in [0.2, 0.25) is 0 Å². The summed E-state index contributed by atoms with van der Waals surface area (Å²) < 4.78 is 16.1. The number of carbonyl (C=O) groups excluding carboxylic acids is 4. The maximum atomic E-state index is 12.6. The van der Waals surface area contributed by atoms with Crippen molar-refractivity contribution in [1.82, 2.24) is 10.2 Å². The summed E-state index contributed by atoms with van der Waals surface area (Å²) in [6.07, 6.45) is 1.44. The Bertz CT molecular complexity index is 828. The smallest absolute Gasteiger partial charge is 0.325 e. The van der Waals surface area contributed by atoms with E-state index in [9.17, 15) is 19.2 Å². The summed E-state index contributed by atoms with van der Waals surface area (Å²) in [5, 5.41) is 2.38. The van der Waals surface area contributed by atoms with E-state index in [4.69, 9.17) is 9.47 Å². The number of ether oxygens (including phenoxy) is 3. The minimum absolute atomic E-state index is 0.00936. The molecule has 9 heteroatoms. The molecular formula is C20H24N2O7. The molecule has 9 nitrogen and oxygen atoms in total. The molecule has 1 aromatic rings. The lowest BCUT2D eigenvalue weighted by molar-refractivity contribution is -0.141. The topological polar surface area (TPSA) is 111 Å². The molecular weight excluding hydrogens is 380 g/mol. The molecule has 2 aliphatic rings. The standard InChI is InChI=1S/C20H24N2O7/c1-13(23)22-7-5-20(6-8-22)10-16(24)15-4-3-14(9-17(15)29-20)28-12-18(25)21-11-19(26)27-2/h3-4,9H,5-8,10-12H2,1-2H3,(H,21,25). The molecule has 0 radical (unpaired) electrons. The van der Waals surface area contributed by atoms with Crippen molar-refractivity contribution in [2.75, 3.05) is 33.4 Å². The molecule has 29 heavy (non-hydrogen) atoms. The number of Topliss-reactive ketones (excluding diaryl/α,β-unsaturated/α-hetero) is 1. The average Bonchev–Trinajstić information content (AvgIpc) is 2.70. The number of likely N-dealkylation sites (tertiary alicyclic amines) is 1. The Labute approximate surface area is 168 Å². The summed E-state index contributed by atoms with van der Waals surface area (Å²) in [5.74, 6) is -0.222. The van der Waals surface area contributed by atoms with Crippen LogP contribution in [0.4, 0.5) is 0 Å². The highest BCUT2D eigenvalue weighted by Crippen LogP contribution is 2.40. The van der Waals surface area contributed by atoms with Gasteiger partial charge in [-0.05, 0) is 12.1 Å². The largest absolute Gasteiger partial charge is 0.486 e. The molecule has 1 saturated heterocycles. The van der Waals surface area contributed by atoms with Gasteiger partial charge in [0.1, 0.15) is 23.6 Å². The van der Waals surface area contributed by atoms with Crippen LogP contribution in [0, 0.1) is 0 Å². The highest BCUT2D eigenvalue weighted by atomic mass is 16.5. The summed E-state index contributed by atoms with van der Waals surface area (Å²) in [6, 6.07) is 4.82. The third-order valence-electron chi connectivity index (χ3n) is 5.21. The number of esters is 1. The SMILES string of the molecule is COC(=O)CNC(=O)COc1ccc2c(c1)OC1(CCN(C(C)=O)CC1)CC2=O. The number of benzene rings is 1. The number of hydrogen-bond donors (Lipinski definition) is 1. The van der Waals surface area contributed by atoms with E-state index in [2.05, 4.69) is 10.1 Å². The van der Waals surface area contributed by atoms with Crippen LogP contribution < -0.4 is 14.8 Å². The Kier molecular flexibility index (Phi) is 6.05. The van der Waals surface area contributed by atoms with Gasteiger partial charge in [0.05, 0.1) is 19.1 Å². The first-order valence-corrected chi connectivity index (χ1v) is 9.40. The molecule has 2 aliphatic heterocycles. The van der Waals surface area contributed by atoms with E-state index >= 15 is 0 Å². The summed E-state index contributed by atoms with van der Waals surface area (Å²) in [4.78, 5) is 48.7. The third-order valence-corrected chi connectivity index (χ3v) is 5.21. The molecule has 1 aromatic carbocycles. The van der Waals surface area contributed by atoms with Crippen LogP contribution in [0.3, 0.4) is 0 Å². The van der Waals surface area contributed by atoms with Crippen molar-refractivity contribution in [3.05, 3.63) is 23.8 Å². The predicted molar refractivity (Wildman–Crippen MR) is 101 cm³/mol. The van der Waals surface area contributed by atoms with Gasteiger partial charge >= 0.3 is 5.97 Å². The van der Waals surface area contributed by atoms with Crippen LogP contribution in [0.5, 0.6) is 11.5 Å². The second-order valence-corrected chi connectivity index (χ2v) is 7.19. The fourth-order valence-electron chi connectivity index (χ4n) is 3.52. The molecule has 2 heterocycles. The number of carbonyl (C=O) groups is 4. The lowest BCUT2D eigenvalue weighted by Crippen LogP contribution is -2.51. The van der Waals surface area contributed by atoms with Gasteiger partial charge in [0, 0.05) is 38.9 Å². The molecule has 1 spiro atoms. The summed E-state index contributed by atoms with van der Waals surface area (Å²) in [6.45, 7) is 2.11. The molecule has 1 N–H and O–H groups in total. The molecule has 3 rings (SSSR count). The van der Waals surface area contributed by atoms with Gasteiger partial charge in [-0.3, -0.25) is 19.2 Å². The molecule has 0 bridgehead atoms. The summed E-state index contributed by atoms with van der Waals surface area (Å²) >= 11 is 0. The lowest BCUT2D eigenvalue weighted by Gasteiger charge is -2.43. The first-order valence-electron chi connectivity index (χ1n) is 9.40. The normalized spacial score (nSPS) is 17.2. The van der Waals surface area contributed by atoms with Crippen LogP contribution in [-0.2, 0) is 19.1 Å². The zero-order valence-electron chi connectivity index (χ0n) is 16.5. The van der Waals surface area contributed by atoms with Gasteiger partial charge in [-0.2, -0.15) is 0 Å². The number of ketones is 1. The van der Waals surface area contributed by atoms with E-state index in [1.807, 2.05) is 0 Å². The zero-order chi connectivity index (χ0) is 21.0. The fraction of sp³-hybridized carbons (Fsp3) is 0.500. The Balaban J connectivity index is 1.63. The molecule has 0 saturated carbocycles. The molecule has 0 aliphatic carbocycles. The van der Waals surface area contributed by atoms with Crippen molar-refractivity contribution in [2.45, 2.75) is 31.8 Å². The van der Waals surface area contributed by atoms with Gasteiger partial charge in [0.25, 0.3) is 5.91 Å². The molecule has 2 amide bonds. The van der Waals surface area contributed by atoms with Crippen LogP contribution >= 0.6 is 0 Å². The fourth-order valence-corrected chi connectivity index (χ4v) is 3.52. The van der Waals surface area contributed by atoms with Gasteiger partial charge < -0.3 is 24.4 Å². The van der Waals surface area contributed by atoms with E-state index in [-0.39, 0.29) is 31.3 Å². The number of methoxy groups -OCH3 is 1. The number of nitrogens with one attached hydrogen (secondary N) is 1. The van der Waals surface area contributed by atoms with E-state index in [1.54, 1.807) is 23.1 Å². The van der Waals surface area contributed by atoms with Gasteiger partial charge in [-0.15, -0.1) is 0 Å². The quantitative estimate of drug-likeness (QED) is 0.719. The molecule has 156 valence electrons. The van der Waals surface area contributed by atoms with Crippen molar-refractivity contribution >= 4 is 23.6 Å². The number of fused-ring (bicyclic) bond motifs is 1. The number of amides is 2. The Morgan fingerprint density at radius 1 is 1.24 bits per heavy atom. The van der Waals surface area contributed by atoms with Gasteiger partial charge in [0.2, 0.25) is 5.91 Å². The van der Waals surface area contributed by atoms with Crippen molar-refractivity contribution in [3.8, 4) is 11.5 Å². The molecule has 1 fully saturated rings. The molecule has 0 unspecified atom stereocenters. The molecule has 0 aromatic heterocycles. The predicted octanol–water partition coefficient (Wildman–Crippen LogP) is 0.701. The Hall–Kier alpha value is -3.10. The average molecular weight is 404 g/mol. The monoisotopic (exact) mass is 404 g/mol. The van der Waals surface area contributed by atoms with Crippen LogP contribution in [0.15, 0.2) is 18.2 Å². The maximum absolute atomic E-state index is 12.6. The van der Waals surface area contributed by atoms with Crippen molar-refractivity contribution in [1.29, 1.82) is 0 Å². The lowest BCUT2D eigenvalue weighted by atomic mass is 9.82. The van der Waals surface area contributed by atoms with E-state index in [1.165, 1.54) is 14.0 Å². The number of piperidine rings is 1. The van der Waals surface area contributed by atoms with Crippen LogP contribution in [0.25, 0.3) is 0 Å². The summed E-state index contributed by atoms with van der Waals surface area (Å²) in [7, 11) is 1.23. The van der Waals surface area contributed by atoms with Crippen molar-refractivity contribution in [2.24, 2.45) is 0 Å². The van der Waals surface area contributed by atoms with Gasteiger partial charge in [-0.25, -0.2) is 0 Å². The number of hydrogen-bond acceptors (Lipinski definition) is 7. The zero-order valence-corrected chi connectivity index (χ0v) is 16.5.